The largest absolute Gasteiger partial charge is 0.480 e. The fourth-order valence-corrected chi connectivity index (χ4v) is 1.98. The number of amides is 1. The predicted octanol–water partition coefficient (Wildman–Crippen LogP) is 1.69. The second kappa shape index (κ2) is 7.65. The predicted molar refractivity (Wildman–Crippen MR) is 77.0 cm³/mol. The molecule has 0 aliphatic carbocycles. The van der Waals surface area contributed by atoms with Crippen LogP contribution >= 0.6 is 0 Å². The number of carboxylic acid groups (broad SMARTS) is 1. The number of carbonyl (C=O) groups is 2. The summed E-state index contributed by atoms with van der Waals surface area (Å²) in [5.41, 5.74) is 6.92. The van der Waals surface area contributed by atoms with E-state index in [1.165, 1.54) is 0 Å². The van der Waals surface area contributed by atoms with Crippen LogP contribution in [0.5, 0.6) is 0 Å². The van der Waals surface area contributed by atoms with E-state index in [0.717, 1.165) is 5.56 Å². The van der Waals surface area contributed by atoms with E-state index < -0.39 is 24.0 Å². The molecular weight excluding hydrogens is 256 g/mol. The number of rotatable bonds is 7. The van der Waals surface area contributed by atoms with Crippen molar-refractivity contribution in [3.8, 4) is 0 Å². The highest BCUT2D eigenvalue weighted by Crippen LogP contribution is 2.19. The summed E-state index contributed by atoms with van der Waals surface area (Å²) in [6.07, 6.45) is 1.10. The van der Waals surface area contributed by atoms with E-state index in [4.69, 9.17) is 10.8 Å². The lowest BCUT2D eigenvalue weighted by atomic mass is 9.94. The minimum atomic E-state index is -1.01. The van der Waals surface area contributed by atoms with Crippen molar-refractivity contribution < 1.29 is 14.7 Å². The quantitative estimate of drug-likeness (QED) is 0.707. The van der Waals surface area contributed by atoms with Gasteiger partial charge in [-0.3, -0.25) is 4.79 Å². The highest BCUT2D eigenvalue weighted by atomic mass is 16.4. The Bertz CT molecular complexity index is 448. The Morgan fingerprint density at radius 2 is 1.90 bits per heavy atom. The molecule has 4 N–H and O–H groups in total. The SMILES string of the molecule is CCC[C@@H](NC(=O)C(C)C(N)c1ccccc1)C(=O)O. The van der Waals surface area contributed by atoms with Crippen molar-refractivity contribution in [2.45, 2.75) is 38.8 Å². The zero-order valence-corrected chi connectivity index (χ0v) is 11.9. The molecule has 1 amide bonds. The molecule has 20 heavy (non-hydrogen) atoms. The van der Waals surface area contributed by atoms with E-state index in [-0.39, 0.29) is 5.91 Å². The Morgan fingerprint density at radius 1 is 1.30 bits per heavy atom. The van der Waals surface area contributed by atoms with Crippen LogP contribution in [0.4, 0.5) is 0 Å². The van der Waals surface area contributed by atoms with Crippen molar-refractivity contribution >= 4 is 11.9 Å². The van der Waals surface area contributed by atoms with E-state index in [9.17, 15) is 9.59 Å². The third-order valence-electron chi connectivity index (χ3n) is 3.33. The van der Waals surface area contributed by atoms with Gasteiger partial charge in [0.1, 0.15) is 6.04 Å². The van der Waals surface area contributed by atoms with Crippen LogP contribution in [-0.2, 0) is 9.59 Å². The van der Waals surface area contributed by atoms with Crippen LogP contribution in [-0.4, -0.2) is 23.0 Å². The zero-order valence-electron chi connectivity index (χ0n) is 11.9. The van der Waals surface area contributed by atoms with Crippen LogP contribution in [0.25, 0.3) is 0 Å². The molecule has 1 aromatic carbocycles. The topological polar surface area (TPSA) is 92.4 Å². The molecule has 5 heteroatoms. The van der Waals surface area contributed by atoms with E-state index in [1.54, 1.807) is 6.92 Å². The maximum Gasteiger partial charge on any atom is 0.326 e. The summed E-state index contributed by atoms with van der Waals surface area (Å²) in [6.45, 7) is 3.58. The Kier molecular flexibility index (Phi) is 6.18. The van der Waals surface area contributed by atoms with Gasteiger partial charge in [-0.1, -0.05) is 50.6 Å². The first kappa shape index (κ1) is 16.2. The third-order valence-corrected chi connectivity index (χ3v) is 3.33. The molecule has 5 nitrogen and oxygen atoms in total. The number of hydrogen-bond acceptors (Lipinski definition) is 3. The van der Waals surface area contributed by atoms with Crippen LogP contribution in [0.3, 0.4) is 0 Å². The summed E-state index contributed by atoms with van der Waals surface area (Å²) < 4.78 is 0. The molecule has 0 saturated heterocycles. The first-order chi connectivity index (χ1) is 9.47. The number of carboxylic acids is 1. The molecule has 0 aromatic heterocycles. The maximum absolute atomic E-state index is 12.1. The lowest BCUT2D eigenvalue weighted by Gasteiger charge is -2.22. The summed E-state index contributed by atoms with van der Waals surface area (Å²) in [5, 5.41) is 11.6. The van der Waals surface area contributed by atoms with Gasteiger partial charge in [0.15, 0.2) is 0 Å². The van der Waals surface area contributed by atoms with Crippen molar-refractivity contribution in [3.05, 3.63) is 35.9 Å². The lowest BCUT2D eigenvalue weighted by molar-refractivity contribution is -0.142. The second-order valence-electron chi connectivity index (χ2n) is 4.91. The molecule has 0 heterocycles. The van der Waals surface area contributed by atoms with Gasteiger partial charge in [0, 0.05) is 6.04 Å². The lowest BCUT2D eigenvalue weighted by Crippen LogP contribution is -2.45. The molecule has 110 valence electrons. The first-order valence-corrected chi connectivity index (χ1v) is 6.81. The monoisotopic (exact) mass is 278 g/mol. The van der Waals surface area contributed by atoms with Crippen LogP contribution in [0.15, 0.2) is 30.3 Å². The first-order valence-electron chi connectivity index (χ1n) is 6.81. The molecule has 0 bridgehead atoms. The van der Waals surface area contributed by atoms with Crippen molar-refractivity contribution in [2.75, 3.05) is 0 Å². The van der Waals surface area contributed by atoms with E-state index >= 15 is 0 Å². The number of nitrogens with two attached hydrogens (primary N) is 1. The standard InChI is InChI=1S/C15H22N2O3/c1-3-7-12(15(19)20)17-14(18)10(2)13(16)11-8-5-4-6-9-11/h4-6,8-10,12-13H,3,7,16H2,1-2H3,(H,17,18)(H,19,20)/t10?,12-,13?/m1/s1. The van der Waals surface area contributed by atoms with Crippen molar-refractivity contribution in [2.24, 2.45) is 11.7 Å². The van der Waals surface area contributed by atoms with Crippen LogP contribution < -0.4 is 11.1 Å². The molecule has 3 atom stereocenters. The summed E-state index contributed by atoms with van der Waals surface area (Å²) >= 11 is 0. The maximum atomic E-state index is 12.1. The molecule has 2 unspecified atom stereocenters. The number of benzene rings is 1. The average Bonchev–Trinajstić information content (AvgIpc) is 2.45. The molecule has 0 saturated carbocycles. The summed E-state index contributed by atoms with van der Waals surface area (Å²) in [6, 6.07) is 8.01. The Morgan fingerprint density at radius 3 is 2.40 bits per heavy atom. The van der Waals surface area contributed by atoms with Crippen LogP contribution in [0.2, 0.25) is 0 Å². The molecule has 1 aromatic rings. The minimum absolute atomic E-state index is 0.331. The second-order valence-corrected chi connectivity index (χ2v) is 4.91. The van der Waals surface area contributed by atoms with Gasteiger partial charge < -0.3 is 16.2 Å². The van der Waals surface area contributed by atoms with E-state index in [1.807, 2.05) is 37.3 Å². The van der Waals surface area contributed by atoms with Gasteiger partial charge in [0.25, 0.3) is 0 Å². The Hall–Kier alpha value is -1.88. The molecule has 0 spiro atoms. The Labute approximate surface area is 119 Å². The van der Waals surface area contributed by atoms with Gasteiger partial charge in [-0.2, -0.15) is 0 Å². The molecule has 0 radical (unpaired) electrons. The van der Waals surface area contributed by atoms with Crippen LogP contribution in [0.1, 0.15) is 38.3 Å². The number of hydrogen-bond donors (Lipinski definition) is 3. The van der Waals surface area contributed by atoms with Gasteiger partial charge in [-0.25, -0.2) is 4.79 Å². The highest BCUT2D eigenvalue weighted by molar-refractivity contribution is 5.85. The van der Waals surface area contributed by atoms with Gasteiger partial charge in [0.05, 0.1) is 5.92 Å². The molecular formula is C15H22N2O3. The van der Waals surface area contributed by atoms with Gasteiger partial charge in [0.2, 0.25) is 5.91 Å². The van der Waals surface area contributed by atoms with Crippen molar-refractivity contribution in [1.82, 2.24) is 5.32 Å². The van der Waals surface area contributed by atoms with Gasteiger partial charge >= 0.3 is 5.97 Å². The molecule has 0 aliphatic rings. The summed E-state index contributed by atoms with van der Waals surface area (Å²) in [7, 11) is 0. The normalized spacial score (nSPS) is 15.2. The molecule has 1 rings (SSSR count). The van der Waals surface area contributed by atoms with Crippen LogP contribution in [0, 0.1) is 5.92 Å². The van der Waals surface area contributed by atoms with Gasteiger partial charge in [-0.15, -0.1) is 0 Å². The highest BCUT2D eigenvalue weighted by Gasteiger charge is 2.26. The van der Waals surface area contributed by atoms with Crippen molar-refractivity contribution in [1.29, 1.82) is 0 Å². The molecule has 0 fully saturated rings. The zero-order chi connectivity index (χ0) is 15.1. The number of aliphatic carboxylic acids is 1. The summed E-state index contributed by atoms with van der Waals surface area (Å²) in [4.78, 5) is 23.1. The average molecular weight is 278 g/mol. The van der Waals surface area contributed by atoms with E-state index in [0.29, 0.717) is 12.8 Å². The number of nitrogens with one attached hydrogen (secondary N) is 1. The van der Waals surface area contributed by atoms with E-state index in [2.05, 4.69) is 5.32 Å². The fourth-order valence-electron chi connectivity index (χ4n) is 1.98. The number of carbonyl (C=O) groups excluding carboxylic acids is 1. The minimum Gasteiger partial charge on any atom is -0.480 e. The summed E-state index contributed by atoms with van der Waals surface area (Å²) in [5.74, 6) is -1.83. The third kappa shape index (κ3) is 4.35. The smallest absolute Gasteiger partial charge is 0.326 e. The van der Waals surface area contributed by atoms with Gasteiger partial charge in [-0.05, 0) is 12.0 Å². The van der Waals surface area contributed by atoms with Crippen molar-refractivity contribution in [3.63, 3.8) is 0 Å². The molecule has 0 aliphatic heterocycles. The Balaban J connectivity index is 2.69. The fraction of sp³-hybridized carbons (Fsp3) is 0.467.